The van der Waals surface area contributed by atoms with Gasteiger partial charge in [-0.3, -0.25) is 5.10 Å². The third-order valence-corrected chi connectivity index (χ3v) is 3.92. The van der Waals surface area contributed by atoms with Crippen LogP contribution in [0, 0.1) is 0 Å². The molecule has 118 valence electrons. The van der Waals surface area contributed by atoms with Gasteiger partial charge in [-0.15, -0.1) is 0 Å². The van der Waals surface area contributed by atoms with E-state index >= 15 is 0 Å². The number of rotatable bonds is 5. The van der Waals surface area contributed by atoms with E-state index in [-0.39, 0.29) is 6.04 Å². The van der Waals surface area contributed by atoms with Crippen LogP contribution in [-0.2, 0) is 0 Å². The van der Waals surface area contributed by atoms with Gasteiger partial charge in [0.1, 0.15) is 13.2 Å². The van der Waals surface area contributed by atoms with Crippen LogP contribution in [0.15, 0.2) is 24.5 Å². The number of hydrogen-bond donors (Lipinski definition) is 3. The smallest absolute Gasteiger partial charge is 0.179 e. The van der Waals surface area contributed by atoms with Crippen molar-refractivity contribution in [3.05, 3.63) is 40.7 Å². The summed E-state index contributed by atoms with van der Waals surface area (Å²) in [6.45, 7) is 3.37. The first kappa shape index (κ1) is 15.1. The fourth-order valence-corrected chi connectivity index (χ4v) is 2.62. The van der Waals surface area contributed by atoms with E-state index < -0.39 is 6.10 Å². The number of H-pyrrole nitrogens is 1. The maximum atomic E-state index is 10.4. The minimum Gasteiger partial charge on any atom is -0.486 e. The lowest BCUT2D eigenvalue weighted by Gasteiger charge is -2.22. The van der Waals surface area contributed by atoms with Gasteiger partial charge in [-0.05, 0) is 24.6 Å². The van der Waals surface area contributed by atoms with Crippen LogP contribution in [0.1, 0.15) is 30.2 Å². The van der Waals surface area contributed by atoms with Gasteiger partial charge in [-0.1, -0.05) is 11.6 Å². The van der Waals surface area contributed by atoms with Crippen molar-refractivity contribution in [2.75, 3.05) is 19.8 Å². The molecule has 3 rings (SSSR count). The number of halogens is 1. The molecule has 1 aromatic heterocycles. The molecule has 0 bridgehead atoms. The van der Waals surface area contributed by atoms with E-state index in [0.29, 0.717) is 41.8 Å². The van der Waals surface area contributed by atoms with Gasteiger partial charge >= 0.3 is 0 Å². The van der Waals surface area contributed by atoms with Gasteiger partial charge in [-0.25, -0.2) is 0 Å². The van der Waals surface area contributed by atoms with Crippen molar-refractivity contribution in [3.63, 3.8) is 0 Å². The second-order valence-corrected chi connectivity index (χ2v) is 5.61. The summed E-state index contributed by atoms with van der Waals surface area (Å²) in [5.74, 6) is 1.12. The third-order valence-electron chi connectivity index (χ3n) is 3.64. The van der Waals surface area contributed by atoms with Crippen LogP contribution in [0.4, 0.5) is 0 Å². The quantitative estimate of drug-likeness (QED) is 0.786. The lowest BCUT2D eigenvalue weighted by atomic mass is 10.1. The van der Waals surface area contributed by atoms with Crippen molar-refractivity contribution in [1.29, 1.82) is 0 Å². The molecular formula is C15H18ClN3O3. The van der Waals surface area contributed by atoms with Gasteiger partial charge in [0.15, 0.2) is 11.5 Å². The maximum Gasteiger partial charge on any atom is 0.179 e. The Hall–Kier alpha value is -1.76. The Balaban J connectivity index is 1.67. The number of nitrogens with one attached hydrogen (secondary N) is 2. The predicted octanol–water partition coefficient (Wildman–Crippen LogP) is 2.22. The van der Waals surface area contributed by atoms with Gasteiger partial charge in [0.2, 0.25) is 0 Å². The Kier molecular flexibility index (Phi) is 4.52. The van der Waals surface area contributed by atoms with Crippen molar-refractivity contribution in [2.45, 2.75) is 19.1 Å². The fraction of sp³-hybridized carbons (Fsp3) is 0.400. The number of aromatic amines is 1. The number of ether oxygens (including phenoxy) is 2. The molecule has 0 fully saturated rings. The summed E-state index contributed by atoms with van der Waals surface area (Å²) in [5.41, 5.74) is 1.73. The highest BCUT2D eigenvalue weighted by molar-refractivity contribution is 6.32. The first-order valence-electron chi connectivity index (χ1n) is 7.14. The summed E-state index contributed by atoms with van der Waals surface area (Å²) in [7, 11) is 0. The average molecular weight is 324 g/mol. The van der Waals surface area contributed by atoms with Crippen LogP contribution >= 0.6 is 11.6 Å². The zero-order valence-electron chi connectivity index (χ0n) is 12.2. The van der Waals surface area contributed by atoms with E-state index in [2.05, 4.69) is 15.5 Å². The SMILES string of the molecule is CC(NCC(O)c1cc(Cl)c2c(c1)OCCO2)c1cn[nH]c1. The van der Waals surface area contributed by atoms with Crippen molar-refractivity contribution >= 4 is 11.6 Å². The number of aromatic nitrogens is 2. The monoisotopic (exact) mass is 323 g/mol. The number of hydrogen-bond acceptors (Lipinski definition) is 5. The summed E-state index contributed by atoms with van der Waals surface area (Å²) in [6, 6.07) is 3.57. The first-order valence-corrected chi connectivity index (χ1v) is 7.52. The molecule has 2 heterocycles. The van der Waals surface area contributed by atoms with E-state index in [0.717, 1.165) is 5.56 Å². The number of aliphatic hydroxyl groups is 1. The molecule has 6 nitrogen and oxygen atoms in total. The average Bonchev–Trinajstić information content (AvgIpc) is 3.06. The molecule has 0 saturated carbocycles. The van der Waals surface area contributed by atoms with Gasteiger partial charge in [-0.2, -0.15) is 5.10 Å². The van der Waals surface area contributed by atoms with Crippen LogP contribution in [0.5, 0.6) is 11.5 Å². The second kappa shape index (κ2) is 6.56. The third kappa shape index (κ3) is 3.19. The Morgan fingerprint density at radius 1 is 1.36 bits per heavy atom. The molecule has 0 amide bonds. The minimum atomic E-state index is -0.692. The molecule has 3 N–H and O–H groups in total. The molecule has 1 aliphatic heterocycles. The molecular weight excluding hydrogens is 306 g/mol. The van der Waals surface area contributed by atoms with E-state index in [1.54, 1.807) is 18.3 Å². The standard InChI is InChI=1S/C15H18ClN3O3/c1-9(11-6-18-19-7-11)17-8-13(20)10-4-12(16)15-14(5-10)21-2-3-22-15/h4-7,9,13,17,20H,2-3,8H2,1H3,(H,18,19). The normalized spacial score (nSPS) is 16.3. The van der Waals surface area contributed by atoms with Crippen LogP contribution < -0.4 is 14.8 Å². The molecule has 2 unspecified atom stereocenters. The van der Waals surface area contributed by atoms with E-state index in [1.807, 2.05) is 13.1 Å². The molecule has 2 atom stereocenters. The fourth-order valence-electron chi connectivity index (χ4n) is 2.34. The number of nitrogens with zero attached hydrogens (tertiary/aromatic N) is 1. The molecule has 22 heavy (non-hydrogen) atoms. The van der Waals surface area contributed by atoms with E-state index in [1.165, 1.54) is 0 Å². The highest BCUT2D eigenvalue weighted by Crippen LogP contribution is 2.39. The van der Waals surface area contributed by atoms with Crippen LogP contribution in [0.2, 0.25) is 5.02 Å². The molecule has 7 heteroatoms. The van der Waals surface area contributed by atoms with Crippen LogP contribution in [0.25, 0.3) is 0 Å². The van der Waals surface area contributed by atoms with Gasteiger partial charge < -0.3 is 19.9 Å². The van der Waals surface area contributed by atoms with Gasteiger partial charge in [0.05, 0.1) is 17.3 Å². The Labute approximate surface area is 133 Å². The summed E-state index contributed by atoms with van der Waals surface area (Å²) >= 11 is 6.19. The van der Waals surface area contributed by atoms with E-state index in [4.69, 9.17) is 21.1 Å². The number of aliphatic hydroxyl groups excluding tert-OH is 1. The molecule has 0 spiro atoms. The highest BCUT2D eigenvalue weighted by atomic mass is 35.5. The lowest BCUT2D eigenvalue weighted by molar-refractivity contribution is 0.161. The molecule has 0 saturated heterocycles. The van der Waals surface area contributed by atoms with Crippen molar-refractivity contribution in [2.24, 2.45) is 0 Å². The summed E-state index contributed by atoms with van der Waals surface area (Å²) in [5, 5.41) is 20.7. The predicted molar refractivity (Wildman–Crippen MR) is 82.4 cm³/mol. The maximum absolute atomic E-state index is 10.4. The van der Waals surface area contributed by atoms with Gasteiger partial charge in [0.25, 0.3) is 0 Å². The van der Waals surface area contributed by atoms with E-state index in [9.17, 15) is 5.11 Å². The van der Waals surface area contributed by atoms with Crippen LogP contribution in [-0.4, -0.2) is 35.1 Å². The molecule has 2 aromatic rings. The zero-order valence-corrected chi connectivity index (χ0v) is 12.9. The zero-order chi connectivity index (χ0) is 15.5. The highest BCUT2D eigenvalue weighted by Gasteiger charge is 2.20. The molecule has 1 aliphatic rings. The summed E-state index contributed by atoms with van der Waals surface area (Å²) < 4.78 is 11.0. The number of benzene rings is 1. The number of fused-ring (bicyclic) bond motifs is 1. The second-order valence-electron chi connectivity index (χ2n) is 5.20. The first-order chi connectivity index (χ1) is 10.6. The van der Waals surface area contributed by atoms with Crippen molar-refractivity contribution < 1.29 is 14.6 Å². The van der Waals surface area contributed by atoms with Crippen LogP contribution in [0.3, 0.4) is 0 Å². The molecule has 0 aliphatic carbocycles. The Morgan fingerprint density at radius 2 is 2.18 bits per heavy atom. The lowest BCUT2D eigenvalue weighted by Crippen LogP contribution is -2.24. The molecule has 1 aromatic carbocycles. The Bertz CT molecular complexity index is 633. The van der Waals surface area contributed by atoms with Gasteiger partial charge in [0, 0.05) is 24.3 Å². The molecule has 0 radical (unpaired) electrons. The summed E-state index contributed by atoms with van der Waals surface area (Å²) in [4.78, 5) is 0. The topological polar surface area (TPSA) is 79.4 Å². The Morgan fingerprint density at radius 3 is 2.95 bits per heavy atom. The van der Waals surface area contributed by atoms with Crippen molar-refractivity contribution in [1.82, 2.24) is 15.5 Å². The van der Waals surface area contributed by atoms with Crippen molar-refractivity contribution in [3.8, 4) is 11.5 Å². The largest absolute Gasteiger partial charge is 0.486 e. The summed E-state index contributed by atoms with van der Waals surface area (Å²) in [6.07, 6.45) is 2.89. The minimum absolute atomic E-state index is 0.0843.